The molecule has 1 aromatic rings. The highest BCUT2D eigenvalue weighted by Crippen LogP contribution is 2.04. The van der Waals surface area contributed by atoms with Crippen molar-refractivity contribution in [1.82, 2.24) is 10.2 Å². The predicted octanol–water partition coefficient (Wildman–Crippen LogP) is 1.45. The Balaban J connectivity index is 2.48. The first-order valence-corrected chi connectivity index (χ1v) is 6.23. The summed E-state index contributed by atoms with van der Waals surface area (Å²) in [5, 5.41) is 11.6. The van der Waals surface area contributed by atoms with E-state index in [4.69, 9.17) is 5.11 Å². The van der Waals surface area contributed by atoms with Gasteiger partial charge in [0.25, 0.3) is 5.91 Å². The lowest BCUT2D eigenvalue weighted by atomic mass is 10.1. The molecule has 5 heteroatoms. The van der Waals surface area contributed by atoms with Crippen LogP contribution >= 0.6 is 0 Å². The average molecular weight is 264 g/mol. The number of hydrogen-bond acceptors (Lipinski definition) is 3. The monoisotopic (exact) mass is 264 g/mol. The molecular weight excluding hydrogens is 244 g/mol. The van der Waals surface area contributed by atoms with Crippen molar-refractivity contribution in [3.05, 3.63) is 35.4 Å². The van der Waals surface area contributed by atoms with E-state index < -0.39 is 5.97 Å². The molecule has 0 aliphatic heterocycles. The Hall–Kier alpha value is -1.88. The largest absolute Gasteiger partial charge is 0.478 e. The van der Waals surface area contributed by atoms with Gasteiger partial charge in [0.2, 0.25) is 0 Å². The Kier molecular flexibility index (Phi) is 5.51. The normalized spacial score (nSPS) is 10.8. The number of benzene rings is 1. The van der Waals surface area contributed by atoms with Crippen molar-refractivity contribution in [3.63, 3.8) is 0 Å². The van der Waals surface area contributed by atoms with Crippen molar-refractivity contribution >= 4 is 11.9 Å². The number of carboxylic acids is 1. The number of amides is 1. The molecule has 0 heterocycles. The molecule has 2 N–H and O–H groups in total. The van der Waals surface area contributed by atoms with Crippen molar-refractivity contribution in [3.8, 4) is 0 Å². The molecule has 104 valence electrons. The van der Waals surface area contributed by atoms with E-state index in [0.717, 1.165) is 6.54 Å². The summed E-state index contributed by atoms with van der Waals surface area (Å²) in [6.07, 6.45) is 0. The Labute approximate surface area is 113 Å². The number of carboxylic acid groups (broad SMARTS) is 1. The molecule has 0 spiro atoms. The van der Waals surface area contributed by atoms with Gasteiger partial charge in [-0.3, -0.25) is 4.79 Å². The predicted molar refractivity (Wildman–Crippen MR) is 73.5 cm³/mol. The van der Waals surface area contributed by atoms with Gasteiger partial charge in [-0.05, 0) is 45.2 Å². The summed E-state index contributed by atoms with van der Waals surface area (Å²) in [7, 11) is 2.00. The highest BCUT2D eigenvalue weighted by atomic mass is 16.4. The number of aromatic carboxylic acids is 1. The first-order chi connectivity index (χ1) is 8.91. The smallest absolute Gasteiger partial charge is 0.335 e. The van der Waals surface area contributed by atoms with Crippen LogP contribution in [0.3, 0.4) is 0 Å². The van der Waals surface area contributed by atoms with Gasteiger partial charge < -0.3 is 15.3 Å². The van der Waals surface area contributed by atoms with Gasteiger partial charge in [-0.15, -0.1) is 0 Å². The standard InChI is InChI=1S/C14H20N2O3/c1-10(2)16(3)9-8-15-13(17)11-4-6-12(7-5-11)14(18)19/h4-7,10H,8-9H2,1-3H3,(H,15,17)(H,18,19). The van der Waals surface area contributed by atoms with Crippen LogP contribution in [0.15, 0.2) is 24.3 Å². The van der Waals surface area contributed by atoms with Crippen molar-refractivity contribution in [1.29, 1.82) is 0 Å². The second kappa shape index (κ2) is 6.89. The Bertz CT molecular complexity index is 441. The van der Waals surface area contributed by atoms with Crippen LogP contribution in [-0.2, 0) is 0 Å². The van der Waals surface area contributed by atoms with E-state index in [1.54, 1.807) is 0 Å². The number of likely N-dealkylation sites (N-methyl/N-ethyl adjacent to an activating group) is 1. The molecule has 0 aliphatic carbocycles. The zero-order valence-corrected chi connectivity index (χ0v) is 11.5. The molecule has 0 atom stereocenters. The van der Waals surface area contributed by atoms with Crippen LogP contribution in [0.4, 0.5) is 0 Å². The summed E-state index contributed by atoms with van der Waals surface area (Å²) in [5.74, 6) is -1.18. The highest BCUT2D eigenvalue weighted by Gasteiger charge is 2.08. The molecule has 1 aromatic carbocycles. The minimum Gasteiger partial charge on any atom is -0.478 e. The fourth-order valence-electron chi connectivity index (χ4n) is 1.47. The maximum atomic E-state index is 11.8. The topological polar surface area (TPSA) is 69.6 Å². The minimum absolute atomic E-state index is 0.177. The van der Waals surface area contributed by atoms with Crippen molar-refractivity contribution in [2.24, 2.45) is 0 Å². The second-order valence-corrected chi connectivity index (χ2v) is 4.71. The number of rotatable bonds is 6. The molecule has 0 aliphatic rings. The first kappa shape index (κ1) is 15.2. The van der Waals surface area contributed by atoms with Crippen molar-refractivity contribution in [2.45, 2.75) is 19.9 Å². The van der Waals surface area contributed by atoms with E-state index in [-0.39, 0.29) is 11.5 Å². The summed E-state index contributed by atoms with van der Waals surface area (Å²) < 4.78 is 0. The summed E-state index contributed by atoms with van der Waals surface area (Å²) in [5.41, 5.74) is 0.647. The lowest BCUT2D eigenvalue weighted by Crippen LogP contribution is -2.36. The lowest BCUT2D eigenvalue weighted by Gasteiger charge is -2.20. The van der Waals surface area contributed by atoms with Gasteiger partial charge in [0, 0.05) is 24.7 Å². The number of carbonyl (C=O) groups excluding carboxylic acids is 1. The van der Waals surface area contributed by atoms with Crippen LogP contribution in [0.25, 0.3) is 0 Å². The zero-order chi connectivity index (χ0) is 14.4. The SMILES string of the molecule is CC(C)N(C)CCNC(=O)c1ccc(C(=O)O)cc1. The summed E-state index contributed by atoms with van der Waals surface area (Å²) >= 11 is 0. The third-order valence-electron chi connectivity index (χ3n) is 3.03. The molecule has 1 rings (SSSR count). The Morgan fingerprint density at radius 1 is 1.21 bits per heavy atom. The van der Waals surface area contributed by atoms with Gasteiger partial charge >= 0.3 is 5.97 Å². The van der Waals surface area contributed by atoms with Gasteiger partial charge in [0.15, 0.2) is 0 Å². The summed E-state index contributed by atoms with van der Waals surface area (Å²) in [4.78, 5) is 24.6. The zero-order valence-electron chi connectivity index (χ0n) is 11.5. The first-order valence-electron chi connectivity index (χ1n) is 6.23. The number of nitrogens with zero attached hydrogens (tertiary/aromatic N) is 1. The maximum Gasteiger partial charge on any atom is 0.335 e. The highest BCUT2D eigenvalue weighted by molar-refractivity contribution is 5.95. The van der Waals surface area contributed by atoms with Gasteiger partial charge in [-0.2, -0.15) is 0 Å². The quantitative estimate of drug-likeness (QED) is 0.816. The van der Waals surface area contributed by atoms with E-state index >= 15 is 0 Å². The van der Waals surface area contributed by atoms with Gasteiger partial charge in [0.05, 0.1) is 5.56 Å². The number of carbonyl (C=O) groups is 2. The van der Waals surface area contributed by atoms with E-state index in [0.29, 0.717) is 18.2 Å². The van der Waals surface area contributed by atoms with Crippen LogP contribution in [0.5, 0.6) is 0 Å². The molecule has 0 unspecified atom stereocenters. The average Bonchev–Trinajstić information content (AvgIpc) is 2.38. The second-order valence-electron chi connectivity index (χ2n) is 4.71. The van der Waals surface area contributed by atoms with Gasteiger partial charge in [-0.25, -0.2) is 4.79 Å². The van der Waals surface area contributed by atoms with Crippen LogP contribution in [-0.4, -0.2) is 48.1 Å². The lowest BCUT2D eigenvalue weighted by molar-refractivity contribution is 0.0696. The molecule has 0 saturated carbocycles. The number of hydrogen-bond donors (Lipinski definition) is 2. The fourth-order valence-corrected chi connectivity index (χ4v) is 1.47. The third kappa shape index (κ3) is 4.71. The maximum absolute atomic E-state index is 11.8. The van der Waals surface area contributed by atoms with Gasteiger partial charge in [0.1, 0.15) is 0 Å². The molecular formula is C14H20N2O3. The van der Waals surface area contributed by atoms with Crippen LogP contribution < -0.4 is 5.32 Å². The molecule has 0 aromatic heterocycles. The Morgan fingerprint density at radius 3 is 2.21 bits per heavy atom. The van der Waals surface area contributed by atoms with E-state index in [2.05, 4.69) is 24.1 Å². The molecule has 0 bridgehead atoms. The summed E-state index contributed by atoms with van der Waals surface area (Å²) in [6, 6.07) is 6.33. The van der Waals surface area contributed by atoms with Crippen molar-refractivity contribution < 1.29 is 14.7 Å². The van der Waals surface area contributed by atoms with Crippen LogP contribution in [0.2, 0.25) is 0 Å². The third-order valence-corrected chi connectivity index (χ3v) is 3.03. The fraction of sp³-hybridized carbons (Fsp3) is 0.429. The molecule has 1 amide bonds. The van der Waals surface area contributed by atoms with Crippen LogP contribution in [0.1, 0.15) is 34.6 Å². The molecule has 19 heavy (non-hydrogen) atoms. The molecule has 0 saturated heterocycles. The summed E-state index contributed by atoms with van der Waals surface area (Å²) in [6.45, 7) is 5.52. The molecule has 0 fully saturated rings. The molecule has 5 nitrogen and oxygen atoms in total. The molecule has 0 radical (unpaired) electrons. The Morgan fingerprint density at radius 2 is 1.74 bits per heavy atom. The van der Waals surface area contributed by atoms with E-state index in [1.165, 1.54) is 24.3 Å². The van der Waals surface area contributed by atoms with Crippen LogP contribution in [0, 0.1) is 0 Å². The van der Waals surface area contributed by atoms with E-state index in [1.807, 2.05) is 7.05 Å². The van der Waals surface area contributed by atoms with E-state index in [9.17, 15) is 9.59 Å². The minimum atomic E-state index is -0.995. The number of nitrogens with one attached hydrogen (secondary N) is 1. The van der Waals surface area contributed by atoms with Gasteiger partial charge in [-0.1, -0.05) is 0 Å². The van der Waals surface area contributed by atoms with Crippen molar-refractivity contribution in [2.75, 3.05) is 20.1 Å².